The van der Waals surface area contributed by atoms with E-state index in [9.17, 15) is 4.79 Å². The predicted molar refractivity (Wildman–Crippen MR) is 105 cm³/mol. The molecule has 132 valence electrons. The SMILES string of the molecule is C/C(=N\NC(=O)CNc1ccc(C)cc1)c1ccc(C(C)(C)C)cc1. The van der Waals surface area contributed by atoms with Gasteiger partial charge in [0.2, 0.25) is 0 Å². The summed E-state index contributed by atoms with van der Waals surface area (Å²) in [5.41, 5.74) is 7.88. The standard InChI is InChI=1S/C21H27N3O/c1-15-6-12-19(13-7-15)22-14-20(25)24-23-16(2)17-8-10-18(11-9-17)21(3,4)5/h6-13,22H,14H2,1-5H3,(H,24,25)/b23-16+. The largest absolute Gasteiger partial charge is 0.376 e. The molecule has 1 amide bonds. The van der Waals surface area contributed by atoms with E-state index in [2.05, 4.69) is 48.7 Å². The summed E-state index contributed by atoms with van der Waals surface area (Å²) in [5.74, 6) is -0.175. The summed E-state index contributed by atoms with van der Waals surface area (Å²) in [7, 11) is 0. The highest BCUT2D eigenvalue weighted by Crippen LogP contribution is 2.22. The summed E-state index contributed by atoms with van der Waals surface area (Å²) in [6.45, 7) is 10.7. The van der Waals surface area contributed by atoms with Gasteiger partial charge < -0.3 is 5.32 Å². The zero-order valence-electron chi connectivity index (χ0n) is 15.7. The van der Waals surface area contributed by atoms with E-state index in [-0.39, 0.29) is 17.9 Å². The van der Waals surface area contributed by atoms with E-state index in [4.69, 9.17) is 0 Å². The van der Waals surface area contributed by atoms with Gasteiger partial charge in [-0.05, 0) is 42.5 Å². The first-order chi connectivity index (χ1) is 11.8. The number of carbonyl (C=O) groups is 1. The molecule has 0 atom stereocenters. The lowest BCUT2D eigenvalue weighted by Crippen LogP contribution is -2.26. The third-order valence-electron chi connectivity index (χ3n) is 4.02. The molecule has 0 bridgehead atoms. The fraction of sp³-hybridized carbons (Fsp3) is 0.333. The monoisotopic (exact) mass is 337 g/mol. The van der Waals surface area contributed by atoms with Crippen molar-refractivity contribution in [3.63, 3.8) is 0 Å². The number of carbonyl (C=O) groups excluding carboxylic acids is 1. The van der Waals surface area contributed by atoms with Crippen LogP contribution in [0.25, 0.3) is 0 Å². The van der Waals surface area contributed by atoms with Crippen LogP contribution < -0.4 is 10.7 Å². The van der Waals surface area contributed by atoms with Gasteiger partial charge in [0.25, 0.3) is 5.91 Å². The third-order valence-corrected chi connectivity index (χ3v) is 4.02. The van der Waals surface area contributed by atoms with E-state index in [0.717, 1.165) is 17.0 Å². The lowest BCUT2D eigenvalue weighted by molar-refractivity contribution is -0.119. The maximum atomic E-state index is 11.9. The molecule has 25 heavy (non-hydrogen) atoms. The van der Waals surface area contributed by atoms with Crippen molar-refractivity contribution in [1.29, 1.82) is 0 Å². The number of rotatable bonds is 5. The summed E-state index contributed by atoms with van der Waals surface area (Å²) in [4.78, 5) is 11.9. The van der Waals surface area contributed by atoms with Crippen molar-refractivity contribution >= 4 is 17.3 Å². The van der Waals surface area contributed by atoms with Crippen molar-refractivity contribution < 1.29 is 4.79 Å². The average Bonchev–Trinajstić information content (AvgIpc) is 2.58. The second kappa shape index (κ2) is 7.97. The van der Waals surface area contributed by atoms with Crippen LogP contribution in [-0.2, 0) is 10.2 Å². The summed E-state index contributed by atoms with van der Waals surface area (Å²) in [6, 6.07) is 16.2. The van der Waals surface area contributed by atoms with Crippen LogP contribution in [0.1, 0.15) is 44.4 Å². The predicted octanol–water partition coefficient (Wildman–Crippen LogP) is 4.24. The minimum atomic E-state index is -0.175. The Bertz CT molecular complexity index is 738. The van der Waals surface area contributed by atoms with Crippen molar-refractivity contribution in [3.8, 4) is 0 Å². The van der Waals surface area contributed by atoms with E-state index >= 15 is 0 Å². The van der Waals surface area contributed by atoms with E-state index in [1.54, 1.807) is 0 Å². The molecule has 0 saturated heterocycles. The molecule has 0 aliphatic carbocycles. The number of nitrogens with one attached hydrogen (secondary N) is 2. The fourth-order valence-corrected chi connectivity index (χ4v) is 2.32. The van der Waals surface area contributed by atoms with Gasteiger partial charge in [-0.25, -0.2) is 5.43 Å². The topological polar surface area (TPSA) is 53.5 Å². The minimum Gasteiger partial charge on any atom is -0.376 e. The summed E-state index contributed by atoms with van der Waals surface area (Å²) >= 11 is 0. The molecule has 0 aliphatic rings. The van der Waals surface area contributed by atoms with Crippen LogP contribution in [0.15, 0.2) is 53.6 Å². The molecule has 2 aromatic rings. The highest BCUT2D eigenvalue weighted by molar-refractivity contribution is 5.99. The van der Waals surface area contributed by atoms with Gasteiger partial charge in [0.1, 0.15) is 0 Å². The molecule has 0 spiro atoms. The van der Waals surface area contributed by atoms with Crippen molar-refractivity contribution in [2.24, 2.45) is 5.10 Å². The molecule has 2 aromatic carbocycles. The first-order valence-corrected chi connectivity index (χ1v) is 8.50. The molecule has 0 aromatic heterocycles. The number of aryl methyl sites for hydroxylation is 1. The van der Waals surface area contributed by atoms with Gasteiger partial charge in [0.15, 0.2) is 0 Å². The van der Waals surface area contributed by atoms with Crippen molar-refractivity contribution in [3.05, 3.63) is 65.2 Å². The van der Waals surface area contributed by atoms with Crippen molar-refractivity contribution in [2.45, 2.75) is 40.0 Å². The normalized spacial score (nSPS) is 12.0. The first-order valence-electron chi connectivity index (χ1n) is 8.50. The molecule has 0 aliphatic heterocycles. The lowest BCUT2D eigenvalue weighted by Gasteiger charge is -2.19. The third kappa shape index (κ3) is 5.75. The molecule has 0 unspecified atom stereocenters. The van der Waals surface area contributed by atoms with E-state index < -0.39 is 0 Å². The number of anilines is 1. The molecule has 4 heteroatoms. The highest BCUT2D eigenvalue weighted by Gasteiger charge is 2.13. The molecule has 4 nitrogen and oxygen atoms in total. The van der Waals surface area contributed by atoms with Crippen LogP contribution in [0.4, 0.5) is 5.69 Å². The van der Waals surface area contributed by atoms with Crippen LogP contribution in [-0.4, -0.2) is 18.2 Å². The molecule has 0 fully saturated rings. The quantitative estimate of drug-likeness (QED) is 0.633. The zero-order valence-corrected chi connectivity index (χ0v) is 15.7. The maximum absolute atomic E-state index is 11.9. The van der Waals surface area contributed by atoms with Crippen molar-refractivity contribution in [1.82, 2.24) is 5.43 Å². The molecule has 2 rings (SSSR count). The van der Waals surface area contributed by atoms with Crippen LogP contribution in [0.3, 0.4) is 0 Å². The molecule has 0 radical (unpaired) electrons. The number of hydrogen-bond donors (Lipinski definition) is 2. The van der Waals surface area contributed by atoms with E-state index in [1.807, 2.05) is 50.2 Å². The minimum absolute atomic E-state index is 0.124. The fourth-order valence-electron chi connectivity index (χ4n) is 2.32. The Morgan fingerprint density at radius 3 is 2.16 bits per heavy atom. The van der Waals surface area contributed by atoms with E-state index in [0.29, 0.717) is 0 Å². The Labute approximate surface area is 150 Å². The number of hydrazone groups is 1. The van der Waals surface area contributed by atoms with Crippen LogP contribution >= 0.6 is 0 Å². The summed E-state index contributed by atoms with van der Waals surface area (Å²) < 4.78 is 0. The van der Waals surface area contributed by atoms with Gasteiger partial charge >= 0.3 is 0 Å². The molecule has 2 N–H and O–H groups in total. The summed E-state index contributed by atoms with van der Waals surface area (Å²) in [5, 5.41) is 7.27. The Kier molecular flexibility index (Phi) is 5.97. The highest BCUT2D eigenvalue weighted by atomic mass is 16.2. The Hall–Kier alpha value is -2.62. The number of hydrogen-bond acceptors (Lipinski definition) is 3. The molecule has 0 saturated carbocycles. The van der Waals surface area contributed by atoms with Gasteiger partial charge in [0, 0.05) is 5.69 Å². The lowest BCUT2D eigenvalue weighted by atomic mass is 9.86. The Morgan fingerprint density at radius 2 is 1.60 bits per heavy atom. The number of amides is 1. The maximum Gasteiger partial charge on any atom is 0.259 e. The van der Waals surface area contributed by atoms with E-state index in [1.165, 1.54) is 11.1 Å². The van der Waals surface area contributed by atoms with Crippen LogP contribution in [0.2, 0.25) is 0 Å². The molecule has 0 heterocycles. The molecular formula is C21H27N3O. The van der Waals surface area contributed by atoms with Gasteiger partial charge in [-0.1, -0.05) is 62.7 Å². The van der Waals surface area contributed by atoms with Crippen molar-refractivity contribution in [2.75, 3.05) is 11.9 Å². The second-order valence-corrected chi connectivity index (χ2v) is 7.28. The van der Waals surface area contributed by atoms with Gasteiger partial charge in [-0.2, -0.15) is 5.10 Å². The Morgan fingerprint density at radius 1 is 1.00 bits per heavy atom. The van der Waals surface area contributed by atoms with Gasteiger partial charge in [-0.15, -0.1) is 0 Å². The smallest absolute Gasteiger partial charge is 0.259 e. The van der Waals surface area contributed by atoms with Crippen LogP contribution in [0, 0.1) is 6.92 Å². The average molecular weight is 337 g/mol. The number of nitrogens with zero attached hydrogens (tertiary/aromatic N) is 1. The van der Waals surface area contributed by atoms with Gasteiger partial charge in [0.05, 0.1) is 12.3 Å². The second-order valence-electron chi connectivity index (χ2n) is 7.28. The Balaban J connectivity index is 1.89. The number of benzene rings is 2. The first kappa shape index (κ1) is 18.7. The summed E-state index contributed by atoms with van der Waals surface area (Å²) in [6.07, 6.45) is 0. The zero-order chi connectivity index (χ0) is 18.4. The van der Waals surface area contributed by atoms with Crippen LogP contribution in [0.5, 0.6) is 0 Å². The van der Waals surface area contributed by atoms with Gasteiger partial charge in [-0.3, -0.25) is 4.79 Å². The molecular weight excluding hydrogens is 310 g/mol.